The van der Waals surface area contributed by atoms with Crippen molar-refractivity contribution in [1.82, 2.24) is 0 Å². The van der Waals surface area contributed by atoms with E-state index in [-0.39, 0.29) is 5.41 Å². The van der Waals surface area contributed by atoms with E-state index >= 15 is 0 Å². The van der Waals surface area contributed by atoms with Gasteiger partial charge in [0.2, 0.25) is 0 Å². The van der Waals surface area contributed by atoms with Crippen molar-refractivity contribution in [2.75, 3.05) is 0 Å². The summed E-state index contributed by atoms with van der Waals surface area (Å²) < 4.78 is 0. The first-order chi connectivity index (χ1) is 9.47. The maximum atomic E-state index is 11.9. The summed E-state index contributed by atoms with van der Waals surface area (Å²) in [7, 11) is 0. The summed E-state index contributed by atoms with van der Waals surface area (Å²) in [5.41, 5.74) is 0.296. The Labute approximate surface area is 129 Å². The van der Waals surface area contributed by atoms with Gasteiger partial charge in [0.1, 0.15) is 0 Å². The molecule has 2 fully saturated rings. The number of rotatable bonds is 2. The lowest BCUT2D eigenvalue weighted by atomic mass is 9.46. The number of halogens is 2. The lowest BCUT2D eigenvalue weighted by molar-refractivity contribution is -0.156. The lowest BCUT2D eigenvalue weighted by Gasteiger charge is -2.56. The van der Waals surface area contributed by atoms with E-state index in [2.05, 4.69) is 0 Å². The van der Waals surface area contributed by atoms with Gasteiger partial charge in [-0.1, -0.05) is 48.5 Å². The molecule has 0 saturated heterocycles. The first kappa shape index (κ1) is 14.2. The van der Waals surface area contributed by atoms with Crippen molar-refractivity contribution in [3.63, 3.8) is 0 Å². The van der Waals surface area contributed by atoms with Crippen molar-refractivity contribution < 1.29 is 9.90 Å². The van der Waals surface area contributed by atoms with Gasteiger partial charge in [-0.3, -0.25) is 4.79 Å². The topological polar surface area (TPSA) is 37.3 Å². The van der Waals surface area contributed by atoms with Crippen LogP contribution < -0.4 is 0 Å². The van der Waals surface area contributed by atoms with E-state index in [4.69, 9.17) is 23.2 Å². The van der Waals surface area contributed by atoms with Gasteiger partial charge in [-0.2, -0.15) is 0 Å². The van der Waals surface area contributed by atoms with Crippen LogP contribution in [0.4, 0.5) is 0 Å². The molecule has 3 rings (SSSR count). The van der Waals surface area contributed by atoms with Gasteiger partial charge in [0.15, 0.2) is 0 Å². The van der Waals surface area contributed by atoms with Crippen LogP contribution in [0, 0.1) is 5.41 Å². The maximum absolute atomic E-state index is 11.9. The minimum Gasteiger partial charge on any atom is -0.481 e. The largest absolute Gasteiger partial charge is 0.481 e. The molecule has 2 aliphatic carbocycles. The first-order valence-electron chi connectivity index (χ1n) is 7.17. The number of aliphatic carboxylic acids is 1. The molecule has 2 saturated carbocycles. The van der Waals surface area contributed by atoms with Crippen LogP contribution in [0.2, 0.25) is 10.0 Å². The average Bonchev–Trinajstić information content (AvgIpc) is 2.39. The van der Waals surface area contributed by atoms with Crippen LogP contribution >= 0.6 is 23.2 Å². The Hall–Kier alpha value is -0.730. The van der Waals surface area contributed by atoms with Crippen LogP contribution in [-0.2, 0) is 10.2 Å². The van der Waals surface area contributed by atoms with Crippen molar-refractivity contribution in [2.45, 2.75) is 50.4 Å². The van der Waals surface area contributed by atoms with Gasteiger partial charge in [0.25, 0.3) is 0 Å². The standard InChI is InChI=1S/C16H18Cl2O2/c17-12-5-4-11(8-13(12)18)16(14(19)20)9-15(10-16)6-2-1-3-7-15/h4-5,8H,1-3,6-7,9-10H2,(H,19,20). The molecule has 108 valence electrons. The predicted octanol–water partition coefficient (Wildman–Crippen LogP) is 5.06. The van der Waals surface area contributed by atoms with Gasteiger partial charge < -0.3 is 5.11 Å². The van der Waals surface area contributed by atoms with E-state index in [1.165, 1.54) is 32.1 Å². The molecule has 1 N–H and O–H groups in total. The summed E-state index contributed by atoms with van der Waals surface area (Å²) in [6.07, 6.45) is 7.58. The Morgan fingerprint density at radius 1 is 1.05 bits per heavy atom. The molecule has 2 nitrogen and oxygen atoms in total. The van der Waals surface area contributed by atoms with E-state index in [0.717, 1.165) is 18.4 Å². The molecule has 0 heterocycles. The number of carboxylic acids is 1. The van der Waals surface area contributed by atoms with Crippen LogP contribution in [0.1, 0.15) is 50.5 Å². The second-order valence-corrected chi connectivity index (χ2v) is 7.24. The summed E-state index contributed by atoms with van der Waals surface area (Å²) in [5, 5.41) is 10.6. The Balaban J connectivity index is 1.91. The molecule has 0 bridgehead atoms. The van der Waals surface area contributed by atoms with Crippen molar-refractivity contribution in [2.24, 2.45) is 5.41 Å². The third-order valence-corrected chi connectivity index (χ3v) is 5.89. The zero-order valence-electron chi connectivity index (χ0n) is 11.3. The van der Waals surface area contributed by atoms with Crippen molar-refractivity contribution >= 4 is 29.2 Å². The fourth-order valence-electron chi connectivity index (χ4n) is 4.16. The van der Waals surface area contributed by atoms with Gasteiger partial charge >= 0.3 is 5.97 Å². The van der Waals surface area contributed by atoms with Crippen molar-refractivity contribution in [3.05, 3.63) is 33.8 Å². The van der Waals surface area contributed by atoms with E-state index in [0.29, 0.717) is 10.0 Å². The molecule has 0 amide bonds. The highest BCUT2D eigenvalue weighted by molar-refractivity contribution is 6.42. The van der Waals surface area contributed by atoms with E-state index in [9.17, 15) is 9.90 Å². The zero-order valence-corrected chi connectivity index (χ0v) is 12.8. The third kappa shape index (κ3) is 2.14. The summed E-state index contributed by atoms with van der Waals surface area (Å²) in [4.78, 5) is 11.9. The van der Waals surface area contributed by atoms with Gasteiger partial charge in [0.05, 0.1) is 15.5 Å². The van der Waals surface area contributed by atoms with Crippen LogP contribution in [0.3, 0.4) is 0 Å². The van der Waals surface area contributed by atoms with Gasteiger partial charge in [0, 0.05) is 0 Å². The molecule has 1 aromatic carbocycles. The molecule has 0 radical (unpaired) electrons. The molecule has 20 heavy (non-hydrogen) atoms. The highest BCUT2D eigenvalue weighted by atomic mass is 35.5. The normalized spacial score (nSPS) is 23.3. The fraction of sp³-hybridized carbons (Fsp3) is 0.562. The van der Waals surface area contributed by atoms with Gasteiger partial charge in [-0.05, 0) is 48.8 Å². The monoisotopic (exact) mass is 312 g/mol. The van der Waals surface area contributed by atoms with Gasteiger partial charge in [-0.15, -0.1) is 0 Å². The molecule has 1 spiro atoms. The van der Waals surface area contributed by atoms with Crippen LogP contribution in [0.25, 0.3) is 0 Å². The molecule has 2 aliphatic rings. The SMILES string of the molecule is O=C(O)C1(c2ccc(Cl)c(Cl)c2)CC2(CCCCC2)C1. The predicted molar refractivity (Wildman–Crippen MR) is 80.5 cm³/mol. The molecular formula is C16H18Cl2O2. The molecule has 0 aliphatic heterocycles. The second kappa shape index (κ2) is 4.92. The van der Waals surface area contributed by atoms with Crippen molar-refractivity contribution in [3.8, 4) is 0 Å². The Kier molecular flexibility index (Phi) is 3.50. The van der Waals surface area contributed by atoms with Crippen molar-refractivity contribution in [1.29, 1.82) is 0 Å². The third-order valence-electron chi connectivity index (χ3n) is 5.15. The molecule has 0 unspecified atom stereocenters. The quantitative estimate of drug-likeness (QED) is 0.828. The lowest BCUT2D eigenvalue weighted by Crippen LogP contribution is -2.55. The van der Waals surface area contributed by atoms with Crippen LogP contribution in [0.15, 0.2) is 18.2 Å². The first-order valence-corrected chi connectivity index (χ1v) is 7.92. The van der Waals surface area contributed by atoms with Crippen LogP contribution in [-0.4, -0.2) is 11.1 Å². The molecule has 0 atom stereocenters. The van der Waals surface area contributed by atoms with Gasteiger partial charge in [-0.25, -0.2) is 0 Å². The second-order valence-electron chi connectivity index (χ2n) is 6.43. The Bertz CT molecular complexity index is 539. The smallest absolute Gasteiger partial charge is 0.314 e. The summed E-state index contributed by atoms with van der Waals surface area (Å²) in [5.74, 6) is -0.730. The zero-order chi connectivity index (χ0) is 14.4. The minimum atomic E-state index is -0.758. The average molecular weight is 313 g/mol. The Morgan fingerprint density at radius 2 is 1.70 bits per heavy atom. The molecule has 1 aromatic rings. The number of benzene rings is 1. The molecule has 0 aromatic heterocycles. The highest BCUT2D eigenvalue weighted by Gasteiger charge is 2.59. The molecular weight excluding hydrogens is 295 g/mol. The molecule has 4 heteroatoms. The summed E-state index contributed by atoms with van der Waals surface area (Å²) >= 11 is 12.0. The van der Waals surface area contributed by atoms with E-state index < -0.39 is 11.4 Å². The number of carbonyl (C=O) groups is 1. The number of hydrogen-bond acceptors (Lipinski definition) is 1. The maximum Gasteiger partial charge on any atom is 0.314 e. The summed E-state index contributed by atoms with van der Waals surface area (Å²) in [6.45, 7) is 0. The van der Waals surface area contributed by atoms with E-state index in [1.54, 1.807) is 12.1 Å². The number of carboxylic acid groups (broad SMARTS) is 1. The fourth-order valence-corrected chi connectivity index (χ4v) is 4.45. The van der Waals surface area contributed by atoms with Crippen LogP contribution in [0.5, 0.6) is 0 Å². The highest BCUT2D eigenvalue weighted by Crippen LogP contribution is 2.62. The number of hydrogen-bond donors (Lipinski definition) is 1. The van der Waals surface area contributed by atoms with E-state index in [1.807, 2.05) is 6.07 Å². The summed E-state index contributed by atoms with van der Waals surface area (Å²) in [6, 6.07) is 5.25. The Morgan fingerprint density at radius 3 is 2.25 bits per heavy atom. The minimum absolute atomic E-state index is 0.253.